The predicted molar refractivity (Wildman–Crippen MR) is 381 cm³/mol. The van der Waals surface area contributed by atoms with Crippen LogP contribution in [0.4, 0.5) is 0 Å². The third-order valence-corrected chi connectivity index (χ3v) is 19.4. The molecule has 0 aromatic carbocycles. The molecule has 0 aromatic rings. The Labute approximate surface area is 575 Å². The van der Waals surface area contributed by atoms with E-state index >= 15 is 0 Å². The highest BCUT2D eigenvalue weighted by molar-refractivity contribution is 7.47. The average Bonchev–Trinajstić information content (AvgIpc) is 1.42. The summed E-state index contributed by atoms with van der Waals surface area (Å²) in [6.45, 7) is 9.55. The fourth-order valence-electron chi connectivity index (χ4n) is 11.5. The first kappa shape index (κ1) is 92.1. The number of esters is 4. The Morgan fingerprint density at radius 2 is 0.489 bits per heavy atom. The van der Waals surface area contributed by atoms with E-state index in [4.69, 9.17) is 37.0 Å². The molecule has 0 rings (SSSR count). The molecule has 0 saturated carbocycles. The smallest absolute Gasteiger partial charge is 0.462 e. The van der Waals surface area contributed by atoms with Crippen LogP contribution < -0.4 is 0 Å². The molecule has 0 aromatic heterocycles. The van der Waals surface area contributed by atoms with Crippen molar-refractivity contribution in [1.82, 2.24) is 0 Å². The SMILES string of the molecule is CCCCCCCCCCCCCCCCCCCC(=O)O[C@H](COC(=O)CCCCCCCCCCCCCCC(C)C)COP(=O)(O)OC[C@@H](O)COP(=O)(O)OC[C@@H](COC(=O)CCCCCCCCCC(C)C)OC(=O)CCCCCCCCCCCCCC. The van der Waals surface area contributed by atoms with Crippen molar-refractivity contribution in [2.24, 2.45) is 11.8 Å². The van der Waals surface area contributed by atoms with Crippen molar-refractivity contribution in [1.29, 1.82) is 0 Å². The van der Waals surface area contributed by atoms with Gasteiger partial charge in [-0.15, -0.1) is 0 Å². The van der Waals surface area contributed by atoms with E-state index in [1.807, 2.05) is 0 Å². The summed E-state index contributed by atoms with van der Waals surface area (Å²) in [5.74, 6) is -0.629. The van der Waals surface area contributed by atoms with E-state index in [0.717, 1.165) is 102 Å². The van der Waals surface area contributed by atoms with Crippen LogP contribution in [0.5, 0.6) is 0 Å². The van der Waals surface area contributed by atoms with Crippen LogP contribution in [0.1, 0.15) is 388 Å². The second-order valence-electron chi connectivity index (χ2n) is 28.0. The minimum atomic E-state index is -4.96. The monoisotopic (exact) mass is 1380 g/mol. The lowest BCUT2D eigenvalue weighted by Crippen LogP contribution is -2.30. The lowest BCUT2D eigenvalue weighted by Gasteiger charge is -2.21. The number of carbonyl (C=O) groups is 4. The first-order chi connectivity index (χ1) is 45.4. The van der Waals surface area contributed by atoms with Crippen LogP contribution in [0.25, 0.3) is 0 Å². The number of hydrogen-bond donors (Lipinski definition) is 3. The fourth-order valence-corrected chi connectivity index (χ4v) is 13.1. The highest BCUT2D eigenvalue weighted by Crippen LogP contribution is 2.45. The van der Waals surface area contributed by atoms with Crippen LogP contribution >= 0.6 is 15.6 Å². The van der Waals surface area contributed by atoms with Gasteiger partial charge in [0.1, 0.15) is 19.3 Å². The topological polar surface area (TPSA) is 237 Å². The van der Waals surface area contributed by atoms with Gasteiger partial charge in [-0.1, -0.05) is 337 Å². The van der Waals surface area contributed by atoms with Crippen LogP contribution in [0.2, 0.25) is 0 Å². The second-order valence-corrected chi connectivity index (χ2v) is 30.9. The molecule has 0 amide bonds. The number of aliphatic hydroxyl groups excluding tert-OH is 1. The molecule has 3 N–H and O–H groups in total. The predicted octanol–water partition coefficient (Wildman–Crippen LogP) is 21.9. The van der Waals surface area contributed by atoms with E-state index in [2.05, 4.69) is 41.5 Å². The Morgan fingerprint density at radius 3 is 0.723 bits per heavy atom. The molecule has 0 aliphatic heterocycles. The minimum absolute atomic E-state index is 0.107. The number of phosphoric ester groups is 2. The third-order valence-electron chi connectivity index (χ3n) is 17.5. The van der Waals surface area contributed by atoms with Crippen LogP contribution in [0, 0.1) is 11.8 Å². The quantitative estimate of drug-likeness (QED) is 0.0222. The summed E-state index contributed by atoms with van der Waals surface area (Å²) in [6.07, 6.45) is 54.1. The highest BCUT2D eigenvalue weighted by atomic mass is 31.2. The largest absolute Gasteiger partial charge is 0.472 e. The minimum Gasteiger partial charge on any atom is -0.462 e. The first-order valence-corrected chi connectivity index (χ1v) is 42.0. The van der Waals surface area contributed by atoms with Gasteiger partial charge in [0.05, 0.1) is 26.4 Å². The van der Waals surface area contributed by atoms with E-state index in [9.17, 15) is 43.2 Å². The molecule has 0 aliphatic carbocycles. The molecule has 0 bridgehead atoms. The van der Waals surface area contributed by atoms with Gasteiger partial charge < -0.3 is 33.8 Å². The summed E-state index contributed by atoms with van der Waals surface area (Å²) < 4.78 is 68.5. The molecule has 17 nitrogen and oxygen atoms in total. The first-order valence-electron chi connectivity index (χ1n) is 39.0. The molecule has 0 aliphatic rings. The summed E-state index contributed by atoms with van der Waals surface area (Å²) in [6, 6.07) is 0. The van der Waals surface area contributed by atoms with Crippen LogP contribution in [-0.2, 0) is 65.4 Å². The molecule has 558 valence electrons. The summed E-state index contributed by atoms with van der Waals surface area (Å²) in [5.41, 5.74) is 0. The van der Waals surface area contributed by atoms with E-state index in [0.29, 0.717) is 31.6 Å². The fraction of sp³-hybridized carbons (Fsp3) is 0.947. The summed E-state index contributed by atoms with van der Waals surface area (Å²) >= 11 is 0. The van der Waals surface area contributed by atoms with E-state index < -0.39 is 97.5 Å². The maximum Gasteiger partial charge on any atom is 0.472 e. The standard InChI is InChI=1S/C75H146O17P2/c1-7-9-11-13-15-17-19-21-22-23-24-25-31-35-41-48-54-60-75(80)91-70(63-85-72(77)57-51-45-39-33-30-27-26-28-32-37-43-49-55-67(3)4)65-89-93(81,82)87-61-69(76)62-88-94(83,84)90-66-71(64-86-73(78)58-52-46-42-36-38-44-50-56-68(5)6)92-74(79)59-53-47-40-34-29-20-18-16-14-12-10-8-2/h67-71,76H,7-66H2,1-6H3,(H,81,82)(H,83,84)/t69-,70-,71-/m1/s1. The Hall–Kier alpha value is -1.94. The van der Waals surface area contributed by atoms with Crippen molar-refractivity contribution < 1.29 is 80.2 Å². The molecule has 0 heterocycles. The maximum absolute atomic E-state index is 13.1. The van der Waals surface area contributed by atoms with Crippen molar-refractivity contribution in [3.05, 3.63) is 0 Å². The average molecular weight is 1380 g/mol. The van der Waals surface area contributed by atoms with Crippen molar-refractivity contribution in [2.45, 2.75) is 407 Å². The molecule has 0 spiro atoms. The van der Waals surface area contributed by atoms with Crippen molar-refractivity contribution in [3.8, 4) is 0 Å². The number of hydrogen-bond acceptors (Lipinski definition) is 15. The van der Waals surface area contributed by atoms with Crippen molar-refractivity contribution >= 4 is 39.5 Å². The van der Waals surface area contributed by atoms with Gasteiger partial charge >= 0.3 is 39.5 Å². The lowest BCUT2D eigenvalue weighted by molar-refractivity contribution is -0.161. The number of phosphoric acid groups is 2. The van der Waals surface area contributed by atoms with Crippen LogP contribution in [-0.4, -0.2) is 96.7 Å². The zero-order chi connectivity index (χ0) is 69.3. The van der Waals surface area contributed by atoms with Gasteiger partial charge in [-0.2, -0.15) is 0 Å². The Balaban J connectivity index is 5.24. The van der Waals surface area contributed by atoms with Gasteiger partial charge in [0.15, 0.2) is 12.2 Å². The molecule has 19 heteroatoms. The summed E-state index contributed by atoms with van der Waals surface area (Å²) in [4.78, 5) is 72.8. The molecular weight excluding hydrogens is 1230 g/mol. The zero-order valence-electron chi connectivity index (χ0n) is 61.3. The van der Waals surface area contributed by atoms with Gasteiger partial charge in [-0.05, 0) is 37.5 Å². The van der Waals surface area contributed by atoms with Gasteiger partial charge in [0.2, 0.25) is 0 Å². The normalized spacial score (nSPS) is 14.0. The number of rotatable bonds is 74. The van der Waals surface area contributed by atoms with Crippen molar-refractivity contribution in [2.75, 3.05) is 39.6 Å². The molecular formula is C75H146O17P2. The van der Waals surface area contributed by atoms with E-state index in [1.165, 1.54) is 199 Å². The van der Waals surface area contributed by atoms with Crippen LogP contribution in [0.3, 0.4) is 0 Å². The van der Waals surface area contributed by atoms with E-state index in [1.54, 1.807) is 0 Å². The molecule has 94 heavy (non-hydrogen) atoms. The lowest BCUT2D eigenvalue weighted by atomic mass is 10.0. The zero-order valence-corrected chi connectivity index (χ0v) is 63.1. The third kappa shape index (κ3) is 68.6. The molecule has 0 saturated heterocycles. The van der Waals surface area contributed by atoms with Gasteiger partial charge in [0, 0.05) is 25.7 Å². The number of aliphatic hydroxyl groups is 1. The molecule has 5 atom stereocenters. The number of ether oxygens (including phenoxy) is 4. The second kappa shape index (κ2) is 66.9. The number of unbranched alkanes of at least 4 members (excludes halogenated alkanes) is 44. The highest BCUT2D eigenvalue weighted by Gasteiger charge is 2.30. The number of carbonyl (C=O) groups excluding carboxylic acids is 4. The van der Waals surface area contributed by atoms with Crippen molar-refractivity contribution in [3.63, 3.8) is 0 Å². The summed E-state index contributed by atoms with van der Waals surface area (Å²) in [5, 5.41) is 10.6. The molecule has 0 fully saturated rings. The molecule has 0 radical (unpaired) electrons. The van der Waals surface area contributed by atoms with E-state index in [-0.39, 0.29) is 25.7 Å². The molecule has 2 unspecified atom stereocenters. The Morgan fingerprint density at radius 1 is 0.287 bits per heavy atom. The summed E-state index contributed by atoms with van der Waals surface area (Å²) in [7, 11) is -9.91. The van der Waals surface area contributed by atoms with Crippen LogP contribution in [0.15, 0.2) is 0 Å². The van der Waals surface area contributed by atoms with Gasteiger partial charge in [0.25, 0.3) is 0 Å². The Bertz CT molecular complexity index is 1820. The maximum atomic E-state index is 13.1. The van der Waals surface area contributed by atoms with Gasteiger partial charge in [-0.25, -0.2) is 9.13 Å². The Kier molecular flexibility index (Phi) is 65.5. The van der Waals surface area contributed by atoms with Gasteiger partial charge in [-0.3, -0.25) is 37.3 Å².